The molecule has 1 aromatic rings. The molecular weight excluding hydrogens is 274 g/mol. The van der Waals surface area contributed by atoms with Gasteiger partial charge in [-0.15, -0.1) is 0 Å². The van der Waals surface area contributed by atoms with E-state index in [4.69, 9.17) is 0 Å². The molecule has 0 radical (unpaired) electrons. The molecule has 0 saturated carbocycles. The van der Waals surface area contributed by atoms with Gasteiger partial charge >= 0.3 is 0 Å². The van der Waals surface area contributed by atoms with Crippen molar-refractivity contribution >= 4 is 11.6 Å². The first-order valence-electron chi connectivity index (χ1n) is 8.35. The number of rotatable bonds is 2. The molecule has 2 saturated heterocycles. The number of hydrogen-bond donors (Lipinski definition) is 0. The first-order chi connectivity index (χ1) is 10.6. The van der Waals surface area contributed by atoms with Crippen LogP contribution in [0.5, 0.6) is 0 Å². The van der Waals surface area contributed by atoms with Crippen LogP contribution in [0.4, 0.5) is 5.69 Å². The summed E-state index contributed by atoms with van der Waals surface area (Å²) < 4.78 is 0. The lowest BCUT2D eigenvalue weighted by molar-refractivity contribution is -0.135. The van der Waals surface area contributed by atoms with E-state index in [0.29, 0.717) is 5.91 Å². The van der Waals surface area contributed by atoms with E-state index >= 15 is 0 Å². The van der Waals surface area contributed by atoms with Gasteiger partial charge in [0.2, 0.25) is 5.91 Å². The quantitative estimate of drug-likeness (QED) is 0.835. The summed E-state index contributed by atoms with van der Waals surface area (Å²) in [5.74, 6) is 0.585. The topological polar surface area (TPSA) is 26.8 Å². The zero-order valence-corrected chi connectivity index (χ0v) is 14.0. The van der Waals surface area contributed by atoms with Crippen LogP contribution >= 0.6 is 0 Å². The lowest BCUT2D eigenvalue weighted by Gasteiger charge is -2.38. The maximum Gasteiger partial charge on any atom is 0.227 e. The Hall–Kier alpha value is -1.55. The second kappa shape index (κ2) is 6.29. The summed E-state index contributed by atoms with van der Waals surface area (Å²) in [7, 11) is 2.10. The van der Waals surface area contributed by atoms with Crippen LogP contribution in [0.2, 0.25) is 0 Å². The van der Waals surface area contributed by atoms with Crippen LogP contribution in [-0.4, -0.2) is 62.0 Å². The van der Waals surface area contributed by atoms with Crippen molar-refractivity contribution in [3.8, 4) is 0 Å². The maximum atomic E-state index is 12.6. The van der Waals surface area contributed by atoms with Crippen molar-refractivity contribution in [3.63, 3.8) is 0 Å². The van der Waals surface area contributed by atoms with Gasteiger partial charge in [0.05, 0.1) is 5.92 Å². The number of carbonyl (C=O) groups excluding carboxylic acids is 1. The van der Waals surface area contributed by atoms with Crippen molar-refractivity contribution in [2.24, 2.45) is 5.92 Å². The Labute approximate surface area is 133 Å². The van der Waals surface area contributed by atoms with Gasteiger partial charge < -0.3 is 14.7 Å². The summed E-state index contributed by atoms with van der Waals surface area (Å²) in [6.45, 7) is 9.93. The molecule has 2 fully saturated rings. The molecule has 4 heteroatoms. The van der Waals surface area contributed by atoms with Crippen LogP contribution in [0.1, 0.15) is 17.5 Å². The Balaban J connectivity index is 1.60. The molecule has 2 heterocycles. The number of anilines is 1. The summed E-state index contributed by atoms with van der Waals surface area (Å²) in [5, 5.41) is 0. The second-order valence-corrected chi connectivity index (χ2v) is 6.78. The highest BCUT2D eigenvalue weighted by Gasteiger charge is 2.31. The van der Waals surface area contributed by atoms with Gasteiger partial charge in [0.15, 0.2) is 0 Å². The van der Waals surface area contributed by atoms with Gasteiger partial charge in [-0.3, -0.25) is 4.79 Å². The third-order valence-electron chi connectivity index (χ3n) is 5.25. The summed E-state index contributed by atoms with van der Waals surface area (Å²) in [6.07, 6.45) is 1.02. The van der Waals surface area contributed by atoms with Gasteiger partial charge in [0, 0.05) is 38.4 Å². The standard InChI is InChI=1S/C18H27N3O/c1-14-5-4-6-17(15(14)2)20-9-11-21(12-10-20)18(22)16-7-8-19(3)13-16/h4-6,16H,7-13H2,1-3H3. The minimum absolute atomic E-state index is 0.220. The molecule has 0 spiro atoms. The molecule has 2 aliphatic heterocycles. The molecule has 2 aliphatic rings. The number of likely N-dealkylation sites (tertiary alicyclic amines) is 1. The van der Waals surface area contributed by atoms with E-state index in [2.05, 4.69) is 53.8 Å². The van der Waals surface area contributed by atoms with Crippen LogP contribution in [0, 0.1) is 19.8 Å². The lowest BCUT2D eigenvalue weighted by Crippen LogP contribution is -2.50. The molecule has 0 N–H and O–H groups in total. The molecular formula is C18H27N3O. The van der Waals surface area contributed by atoms with Gasteiger partial charge in [-0.2, -0.15) is 0 Å². The number of carbonyl (C=O) groups is 1. The van der Waals surface area contributed by atoms with E-state index in [1.54, 1.807) is 0 Å². The van der Waals surface area contributed by atoms with Crippen LogP contribution in [0.3, 0.4) is 0 Å². The van der Waals surface area contributed by atoms with E-state index < -0.39 is 0 Å². The third kappa shape index (κ3) is 2.98. The fraction of sp³-hybridized carbons (Fsp3) is 0.611. The van der Waals surface area contributed by atoms with Crippen molar-refractivity contribution < 1.29 is 4.79 Å². The van der Waals surface area contributed by atoms with Crippen molar-refractivity contribution in [3.05, 3.63) is 29.3 Å². The highest BCUT2D eigenvalue weighted by Crippen LogP contribution is 2.25. The Morgan fingerprint density at radius 2 is 1.82 bits per heavy atom. The largest absolute Gasteiger partial charge is 0.368 e. The number of nitrogens with zero attached hydrogens (tertiary/aromatic N) is 3. The number of benzene rings is 1. The minimum Gasteiger partial charge on any atom is -0.368 e. The molecule has 0 aromatic heterocycles. The van der Waals surface area contributed by atoms with Crippen molar-refractivity contribution in [1.82, 2.24) is 9.80 Å². The van der Waals surface area contributed by atoms with Crippen LogP contribution < -0.4 is 4.90 Å². The SMILES string of the molecule is Cc1cccc(N2CCN(C(=O)C3CCN(C)C3)CC2)c1C. The predicted octanol–water partition coefficient (Wildman–Crippen LogP) is 1.90. The number of hydrogen-bond acceptors (Lipinski definition) is 3. The van der Waals surface area contributed by atoms with Crippen molar-refractivity contribution in [1.29, 1.82) is 0 Å². The van der Waals surface area contributed by atoms with E-state index in [1.165, 1.54) is 16.8 Å². The zero-order valence-electron chi connectivity index (χ0n) is 14.0. The summed E-state index contributed by atoms with van der Waals surface area (Å²) in [4.78, 5) is 19.3. The molecule has 0 bridgehead atoms. The summed E-state index contributed by atoms with van der Waals surface area (Å²) in [5.41, 5.74) is 4.03. The van der Waals surface area contributed by atoms with Crippen LogP contribution in [-0.2, 0) is 4.79 Å². The van der Waals surface area contributed by atoms with Gasteiger partial charge in [0.1, 0.15) is 0 Å². The minimum atomic E-state index is 0.220. The van der Waals surface area contributed by atoms with E-state index in [0.717, 1.165) is 45.7 Å². The normalized spacial score (nSPS) is 23.1. The van der Waals surface area contributed by atoms with Crippen molar-refractivity contribution in [2.45, 2.75) is 20.3 Å². The molecule has 1 amide bonds. The van der Waals surface area contributed by atoms with Crippen LogP contribution in [0.15, 0.2) is 18.2 Å². The molecule has 0 aliphatic carbocycles. The smallest absolute Gasteiger partial charge is 0.227 e. The monoisotopic (exact) mass is 301 g/mol. The number of amides is 1. The molecule has 1 unspecified atom stereocenters. The third-order valence-corrected chi connectivity index (χ3v) is 5.25. The molecule has 1 atom stereocenters. The van der Waals surface area contributed by atoms with E-state index in [1.807, 2.05) is 0 Å². The predicted molar refractivity (Wildman–Crippen MR) is 90.3 cm³/mol. The Morgan fingerprint density at radius 3 is 2.45 bits per heavy atom. The summed E-state index contributed by atoms with van der Waals surface area (Å²) >= 11 is 0. The first-order valence-corrected chi connectivity index (χ1v) is 8.35. The fourth-order valence-electron chi connectivity index (χ4n) is 3.64. The van der Waals surface area contributed by atoms with Gasteiger partial charge in [0.25, 0.3) is 0 Å². The van der Waals surface area contributed by atoms with Gasteiger partial charge in [-0.25, -0.2) is 0 Å². The molecule has 4 nitrogen and oxygen atoms in total. The molecule has 120 valence electrons. The Morgan fingerprint density at radius 1 is 1.09 bits per heavy atom. The van der Waals surface area contributed by atoms with Gasteiger partial charge in [-0.1, -0.05) is 12.1 Å². The Kier molecular flexibility index (Phi) is 4.39. The highest BCUT2D eigenvalue weighted by molar-refractivity contribution is 5.79. The lowest BCUT2D eigenvalue weighted by atomic mass is 10.1. The van der Waals surface area contributed by atoms with Crippen molar-refractivity contribution in [2.75, 3.05) is 51.2 Å². The fourth-order valence-corrected chi connectivity index (χ4v) is 3.64. The van der Waals surface area contributed by atoms with Crippen LogP contribution in [0.25, 0.3) is 0 Å². The number of piperazine rings is 1. The van der Waals surface area contributed by atoms with E-state index in [9.17, 15) is 4.79 Å². The highest BCUT2D eigenvalue weighted by atomic mass is 16.2. The van der Waals surface area contributed by atoms with E-state index in [-0.39, 0.29) is 5.92 Å². The second-order valence-electron chi connectivity index (χ2n) is 6.78. The zero-order chi connectivity index (χ0) is 15.7. The summed E-state index contributed by atoms with van der Waals surface area (Å²) in [6, 6.07) is 6.49. The maximum absolute atomic E-state index is 12.6. The number of aryl methyl sites for hydroxylation is 1. The average molecular weight is 301 g/mol. The molecule has 22 heavy (non-hydrogen) atoms. The first kappa shape index (κ1) is 15.3. The Bertz CT molecular complexity index is 549. The van der Waals surface area contributed by atoms with Gasteiger partial charge in [-0.05, 0) is 51.1 Å². The molecule has 1 aromatic carbocycles. The molecule has 3 rings (SSSR count). The average Bonchev–Trinajstić information content (AvgIpc) is 2.96.